The normalized spacial score (nSPS) is 15.0. The van der Waals surface area contributed by atoms with Gasteiger partial charge in [-0.05, 0) is 36.5 Å². The molecule has 0 radical (unpaired) electrons. The molecule has 4 nitrogen and oxygen atoms in total. The van der Waals surface area contributed by atoms with Gasteiger partial charge in [-0.15, -0.1) is 0 Å². The molecule has 0 atom stereocenters. The standard InChI is InChI=1S/C23H26N4/c1-26(2)21-10-8-20(9-11-21)22-16-24-17-23(25-22)27-14-12-19(13-15-27)18-6-4-3-5-7-18/h3-11,16-17,19H,12-15H2,1-2H3. The summed E-state index contributed by atoms with van der Waals surface area (Å²) in [7, 11) is 4.10. The van der Waals surface area contributed by atoms with Gasteiger partial charge < -0.3 is 9.80 Å². The van der Waals surface area contributed by atoms with E-state index < -0.39 is 0 Å². The highest BCUT2D eigenvalue weighted by atomic mass is 15.2. The molecule has 0 unspecified atom stereocenters. The van der Waals surface area contributed by atoms with Gasteiger partial charge in [0.05, 0.1) is 18.1 Å². The van der Waals surface area contributed by atoms with E-state index in [0.29, 0.717) is 5.92 Å². The second kappa shape index (κ2) is 7.78. The lowest BCUT2D eigenvalue weighted by Crippen LogP contribution is -2.33. The quantitative estimate of drug-likeness (QED) is 0.683. The Bertz CT molecular complexity index is 866. The van der Waals surface area contributed by atoms with Gasteiger partial charge in [-0.2, -0.15) is 0 Å². The maximum Gasteiger partial charge on any atom is 0.147 e. The van der Waals surface area contributed by atoms with E-state index in [-0.39, 0.29) is 0 Å². The van der Waals surface area contributed by atoms with Gasteiger partial charge in [-0.3, -0.25) is 4.98 Å². The summed E-state index contributed by atoms with van der Waals surface area (Å²) in [5, 5.41) is 0. The van der Waals surface area contributed by atoms with Crippen molar-refractivity contribution in [1.82, 2.24) is 9.97 Å². The van der Waals surface area contributed by atoms with Crippen LogP contribution in [0.3, 0.4) is 0 Å². The maximum atomic E-state index is 4.89. The average Bonchev–Trinajstić information content (AvgIpc) is 2.75. The minimum Gasteiger partial charge on any atom is -0.378 e. The van der Waals surface area contributed by atoms with E-state index in [2.05, 4.69) is 83.5 Å². The molecule has 0 bridgehead atoms. The molecule has 0 saturated carbocycles. The number of hydrogen-bond acceptors (Lipinski definition) is 4. The van der Waals surface area contributed by atoms with Gasteiger partial charge in [0.2, 0.25) is 0 Å². The highest BCUT2D eigenvalue weighted by Crippen LogP contribution is 2.30. The fourth-order valence-electron chi connectivity index (χ4n) is 3.74. The molecule has 2 aromatic carbocycles. The molecule has 1 fully saturated rings. The van der Waals surface area contributed by atoms with Gasteiger partial charge in [-0.25, -0.2) is 4.98 Å². The number of nitrogens with zero attached hydrogens (tertiary/aromatic N) is 4. The van der Waals surface area contributed by atoms with Crippen molar-refractivity contribution >= 4 is 11.5 Å². The molecular formula is C23H26N4. The molecule has 27 heavy (non-hydrogen) atoms. The van der Waals surface area contributed by atoms with Crippen LogP contribution in [-0.2, 0) is 0 Å². The van der Waals surface area contributed by atoms with Crippen molar-refractivity contribution in [1.29, 1.82) is 0 Å². The molecule has 4 heteroatoms. The fourth-order valence-corrected chi connectivity index (χ4v) is 3.74. The number of hydrogen-bond donors (Lipinski definition) is 0. The van der Waals surface area contributed by atoms with Gasteiger partial charge in [0, 0.05) is 38.4 Å². The van der Waals surface area contributed by atoms with Crippen LogP contribution in [0.1, 0.15) is 24.3 Å². The topological polar surface area (TPSA) is 32.3 Å². The van der Waals surface area contributed by atoms with E-state index in [1.807, 2.05) is 12.4 Å². The first kappa shape index (κ1) is 17.5. The lowest BCUT2D eigenvalue weighted by atomic mass is 9.89. The lowest BCUT2D eigenvalue weighted by Gasteiger charge is -2.33. The predicted octanol–water partition coefficient (Wildman–Crippen LogP) is 4.59. The van der Waals surface area contributed by atoms with Crippen LogP contribution >= 0.6 is 0 Å². The Balaban J connectivity index is 1.47. The van der Waals surface area contributed by atoms with E-state index in [4.69, 9.17) is 4.98 Å². The molecule has 138 valence electrons. The average molecular weight is 358 g/mol. The minimum absolute atomic E-state index is 0.650. The molecule has 0 amide bonds. The lowest BCUT2D eigenvalue weighted by molar-refractivity contribution is 0.502. The zero-order valence-electron chi connectivity index (χ0n) is 16.0. The van der Waals surface area contributed by atoms with E-state index in [1.165, 1.54) is 11.3 Å². The maximum absolute atomic E-state index is 4.89. The Kier molecular flexibility index (Phi) is 5.05. The van der Waals surface area contributed by atoms with Gasteiger partial charge >= 0.3 is 0 Å². The Labute approximate surface area is 161 Å². The van der Waals surface area contributed by atoms with E-state index in [0.717, 1.165) is 43.0 Å². The predicted molar refractivity (Wildman–Crippen MR) is 112 cm³/mol. The largest absolute Gasteiger partial charge is 0.378 e. The summed E-state index contributed by atoms with van der Waals surface area (Å²) in [6, 6.07) is 19.3. The van der Waals surface area contributed by atoms with Crippen LogP contribution in [0.4, 0.5) is 11.5 Å². The molecule has 0 N–H and O–H groups in total. The van der Waals surface area contributed by atoms with E-state index in [9.17, 15) is 0 Å². The Morgan fingerprint density at radius 1 is 0.889 bits per heavy atom. The monoisotopic (exact) mass is 358 g/mol. The minimum atomic E-state index is 0.650. The van der Waals surface area contributed by atoms with Gasteiger partial charge in [0.15, 0.2) is 0 Å². The van der Waals surface area contributed by atoms with Crippen LogP contribution in [0.25, 0.3) is 11.3 Å². The van der Waals surface area contributed by atoms with Crippen molar-refractivity contribution in [2.75, 3.05) is 37.0 Å². The second-order valence-electron chi connectivity index (χ2n) is 7.38. The van der Waals surface area contributed by atoms with Crippen LogP contribution < -0.4 is 9.80 Å². The zero-order chi connectivity index (χ0) is 18.6. The molecule has 2 heterocycles. The smallest absolute Gasteiger partial charge is 0.147 e. The van der Waals surface area contributed by atoms with Crippen molar-refractivity contribution in [3.8, 4) is 11.3 Å². The molecule has 1 saturated heterocycles. The molecule has 1 aliphatic heterocycles. The van der Waals surface area contributed by atoms with Gasteiger partial charge in [-0.1, -0.05) is 42.5 Å². The van der Waals surface area contributed by atoms with Crippen molar-refractivity contribution in [3.63, 3.8) is 0 Å². The van der Waals surface area contributed by atoms with Crippen LogP contribution in [0.5, 0.6) is 0 Å². The van der Waals surface area contributed by atoms with Crippen LogP contribution in [-0.4, -0.2) is 37.2 Å². The Morgan fingerprint density at radius 2 is 1.59 bits per heavy atom. The van der Waals surface area contributed by atoms with Gasteiger partial charge in [0.25, 0.3) is 0 Å². The summed E-state index contributed by atoms with van der Waals surface area (Å²) in [6.45, 7) is 2.05. The molecule has 4 rings (SSSR count). The summed E-state index contributed by atoms with van der Waals surface area (Å²) in [5.41, 5.74) is 4.68. The fraction of sp³-hybridized carbons (Fsp3) is 0.304. The van der Waals surface area contributed by atoms with Crippen molar-refractivity contribution in [3.05, 3.63) is 72.6 Å². The van der Waals surface area contributed by atoms with Crippen LogP contribution in [0.15, 0.2) is 67.0 Å². The third-order valence-corrected chi connectivity index (χ3v) is 5.39. The first-order valence-electron chi connectivity index (χ1n) is 9.60. The number of aromatic nitrogens is 2. The summed E-state index contributed by atoms with van der Waals surface area (Å²) < 4.78 is 0. The van der Waals surface area contributed by atoms with Crippen molar-refractivity contribution in [2.45, 2.75) is 18.8 Å². The molecule has 1 aliphatic rings. The van der Waals surface area contributed by atoms with E-state index >= 15 is 0 Å². The molecular weight excluding hydrogens is 332 g/mol. The van der Waals surface area contributed by atoms with Gasteiger partial charge in [0.1, 0.15) is 5.82 Å². The number of piperidine rings is 1. The summed E-state index contributed by atoms with van der Waals surface area (Å²) in [5.74, 6) is 1.63. The molecule has 1 aromatic heterocycles. The number of anilines is 2. The van der Waals surface area contributed by atoms with Crippen LogP contribution in [0.2, 0.25) is 0 Å². The second-order valence-corrected chi connectivity index (χ2v) is 7.38. The van der Waals surface area contributed by atoms with Crippen LogP contribution in [0, 0.1) is 0 Å². The first-order chi connectivity index (χ1) is 13.2. The Hall–Kier alpha value is -2.88. The Morgan fingerprint density at radius 3 is 2.26 bits per heavy atom. The summed E-state index contributed by atoms with van der Waals surface area (Å²) in [6.07, 6.45) is 6.06. The summed E-state index contributed by atoms with van der Waals surface area (Å²) >= 11 is 0. The van der Waals surface area contributed by atoms with Crippen molar-refractivity contribution < 1.29 is 0 Å². The first-order valence-corrected chi connectivity index (χ1v) is 9.60. The number of rotatable bonds is 4. The third-order valence-electron chi connectivity index (χ3n) is 5.39. The molecule has 0 aliphatic carbocycles. The number of benzene rings is 2. The van der Waals surface area contributed by atoms with Crippen molar-refractivity contribution in [2.24, 2.45) is 0 Å². The zero-order valence-corrected chi connectivity index (χ0v) is 16.0. The highest BCUT2D eigenvalue weighted by Gasteiger charge is 2.21. The molecule has 0 spiro atoms. The third kappa shape index (κ3) is 3.95. The molecule has 3 aromatic rings. The van der Waals surface area contributed by atoms with E-state index in [1.54, 1.807) is 0 Å². The highest BCUT2D eigenvalue weighted by molar-refractivity contribution is 5.63. The SMILES string of the molecule is CN(C)c1ccc(-c2cncc(N3CCC(c4ccccc4)CC3)n2)cc1. The summed E-state index contributed by atoms with van der Waals surface area (Å²) in [4.78, 5) is 13.8.